The van der Waals surface area contributed by atoms with Crippen LogP contribution in [0.25, 0.3) is 86.7 Å². The number of hydrogen-bond donors (Lipinski definition) is 8. The van der Waals surface area contributed by atoms with Gasteiger partial charge >= 0.3 is 0 Å². The Balaban J connectivity index is 0.000000119. The third kappa shape index (κ3) is 16.2. The lowest BCUT2D eigenvalue weighted by atomic mass is 10.1. The number of aromatic nitrogens is 16. The molecule has 16 aromatic rings. The van der Waals surface area contributed by atoms with Gasteiger partial charge in [0.15, 0.2) is 11.2 Å². The molecule has 8 heterocycles. The maximum atomic E-state index is 10.4. The van der Waals surface area contributed by atoms with Crippen molar-refractivity contribution in [3.63, 3.8) is 0 Å². The SMILES string of the molecule is Cc1nc(Cl)nc(Nc2ccc(-c3nc4ccccc4o3)c(O)c2)n1.Cc1nc(Cl)nc(Nc2ccc(-c3nc4ccccc4s3)c(O)c2)n1.Cc1nc(Cl)nc(Nc2ccc(O)c(-c3nc4ccccc4o3)c2)n1.Cc1nc(Cl)nc(Nc2ccc(O)c(-c3nc4ccccc4s3)c2)n1. The van der Waals surface area contributed by atoms with E-state index in [0.29, 0.717) is 115 Å². The van der Waals surface area contributed by atoms with Crippen LogP contribution in [0.2, 0.25) is 21.1 Å². The molecule has 8 aromatic heterocycles. The first-order valence-corrected chi connectivity index (χ1v) is 32.8. The molecule has 16 rings (SSSR count). The largest absolute Gasteiger partial charge is 0.507 e. The summed E-state index contributed by atoms with van der Waals surface area (Å²) in [7, 11) is 0. The maximum Gasteiger partial charge on any atom is 0.231 e. The van der Waals surface area contributed by atoms with E-state index in [4.69, 9.17) is 55.2 Å². The van der Waals surface area contributed by atoms with Crippen LogP contribution in [0.4, 0.5) is 46.5 Å². The van der Waals surface area contributed by atoms with Crippen LogP contribution < -0.4 is 21.3 Å². The van der Waals surface area contributed by atoms with Crippen molar-refractivity contribution < 1.29 is 29.3 Å². The van der Waals surface area contributed by atoms with Crippen LogP contribution in [0.15, 0.2) is 179 Å². The number of phenolic OH excluding ortho intramolecular Hbond substituents is 4. The van der Waals surface area contributed by atoms with Crippen LogP contribution in [-0.4, -0.2) is 100 Å². The molecule has 0 bridgehead atoms. The van der Waals surface area contributed by atoms with Gasteiger partial charge in [0.25, 0.3) is 0 Å². The van der Waals surface area contributed by atoms with Gasteiger partial charge in [-0.25, -0.2) is 39.9 Å². The quantitative estimate of drug-likeness (QED) is 0.0527. The van der Waals surface area contributed by atoms with E-state index < -0.39 is 0 Å². The molecular weight excluding hydrogens is 1400 g/mol. The van der Waals surface area contributed by atoms with Crippen LogP contribution >= 0.6 is 69.1 Å². The summed E-state index contributed by atoms with van der Waals surface area (Å²) in [5, 5.41) is 55.2. The predicted molar refractivity (Wildman–Crippen MR) is 387 cm³/mol. The molecule has 0 aliphatic carbocycles. The monoisotopic (exact) mass is 1440 g/mol. The number of nitrogens with one attached hydrogen (secondary N) is 4. The third-order valence-corrected chi connectivity index (χ3v) is 16.8. The number of aryl methyl sites for hydroxylation is 4. The standard InChI is InChI=1S/2C17H12ClN5O2.2C17H12ClN5OS/c1-9-19-16(18)23-17(20-9)21-10-6-7-13(24)11(8-10)15-22-12-4-2-3-5-14(12)25-15;1-9-19-16(18)23-17(20-9)21-10-6-7-11(13(24)8-10)15-22-12-4-2-3-5-14(12)25-15;1-9-19-16(18)23-17(20-9)21-10-6-7-13(24)11(8-10)15-22-12-4-2-3-5-14(12)25-15;1-9-19-16(18)23-17(20-9)21-10-6-7-11(13(24)8-10)15-22-12-4-2-3-5-14(12)25-15/h4*2-8,24H,1H3,(H,19,20,21,23). The molecule has 0 atom stereocenters. The van der Waals surface area contributed by atoms with Crippen molar-refractivity contribution >= 4 is 158 Å². The summed E-state index contributed by atoms with van der Waals surface area (Å²) in [6.45, 7) is 6.90. The molecule has 0 saturated carbocycles. The van der Waals surface area contributed by atoms with Gasteiger partial charge in [-0.2, -0.15) is 39.9 Å². The zero-order valence-electron chi connectivity index (χ0n) is 52.3. The van der Waals surface area contributed by atoms with Gasteiger partial charge in [0, 0.05) is 34.9 Å². The van der Waals surface area contributed by atoms with E-state index in [1.807, 2.05) is 109 Å². The Morgan fingerprint density at radius 3 is 1.02 bits per heavy atom. The lowest BCUT2D eigenvalue weighted by Gasteiger charge is -2.08. The number of thiazole rings is 2. The number of para-hydroxylation sites is 6. The summed E-state index contributed by atoms with van der Waals surface area (Å²) in [6.07, 6.45) is 0. The Kier molecular flexibility index (Phi) is 19.6. The van der Waals surface area contributed by atoms with Crippen molar-refractivity contribution in [2.24, 2.45) is 0 Å². The van der Waals surface area contributed by atoms with E-state index in [1.165, 1.54) is 28.7 Å². The van der Waals surface area contributed by atoms with Crippen molar-refractivity contribution in [3.8, 4) is 67.0 Å². The lowest BCUT2D eigenvalue weighted by molar-refractivity contribution is 0.473. The first-order valence-electron chi connectivity index (χ1n) is 29.7. The van der Waals surface area contributed by atoms with E-state index >= 15 is 0 Å². The normalized spacial score (nSPS) is 11.0. The summed E-state index contributed by atoms with van der Waals surface area (Å²) < 4.78 is 13.5. The minimum absolute atomic E-state index is 0.0217. The minimum atomic E-state index is 0.0217. The first kappa shape index (κ1) is 66.7. The van der Waals surface area contributed by atoms with Crippen molar-refractivity contribution in [2.45, 2.75) is 27.7 Å². The number of phenols is 4. The number of aromatic hydroxyl groups is 4. The molecule has 8 aromatic carbocycles. The van der Waals surface area contributed by atoms with E-state index in [1.54, 1.807) is 82.3 Å². The van der Waals surface area contributed by atoms with Crippen molar-refractivity contribution in [2.75, 3.05) is 21.3 Å². The summed E-state index contributed by atoms with van der Waals surface area (Å²) in [5.41, 5.74) is 9.45. The fourth-order valence-corrected chi connectivity index (χ4v) is 12.4. The van der Waals surface area contributed by atoms with Crippen LogP contribution in [0.1, 0.15) is 23.3 Å². The molecule has 0 unspecified atom stereocenters. The Morgan fingerprint density at radius 2 is 0.630 bits per heavy atom. The van der Waals surface area contributed by atoms with Crippen molar-refractivity contribution in [3.05, 3.63) is 214 Å². The van der Waals surface area contributed by atoms with Gasteiger partial charge in [-0.05, 0) is 183 Å². The highest BCUT2D eigenvalue weighted by molar-refractivity contribution is 7.22. The van der Waals surface area contributed by atoms with Crippen LogP contribution in [0.5, 0.6) is 23.0 Å². The number of hydrogen-bond acceptors (Lipinski definition) is 28. The van der Waals surface area contributed by atoms with E-state index in [-0.39, 0.29) is 44.1 Å². The molecule has 496 valence electrons. The Bertz CT molecular complexity index is 5150. The second kappa shape index (κ2) is 29.4. The number of anilines is 8. The average molecular weight is 1450 g/mol. The van der Waals surface area contributed by atoms with Gasteiger partial charge in [0.05, 0.1) is 42.7 Å². The predicted octanol–water partition coefficient (Wildman–Crippen LogP) is 17.3. The number of fused-ring (bicyclic) bond motifs is 4. The number of nitrogens with zero attached hydrogens (tertiary/aromatic N) is 16. The second-order valence-corrected chi connectivity index (χ2v) is 24.7. The Morgan fingerprint density at radius 1 is 0.300 bits per heavy atom. The zero-order chi connectivity index (χ0) is 69.6. The molecule has 100 heavy (non-hydrogen) atoms. The topological polar surface area (TPSA) is 362 Å². The molecule has 0 spiro atoms. The average Bonchev–Trinajstić information content (AvgIpc) is 1.66. The molecule has 0 aliphatic rings. The highest BCUT2D eigenvalue weighted by Crippen LogP contribution is 2.40. The van der Waals surface area contributed by atoms with Gasteiger partial charge in [0.2, 0.25) is 56.7 Å². The van der Waals surface area contributed by atoms with E-state index in [2.05, 4.69) is 101 Å². The van der Waals surface area contributed by atoms with Gasteiger partial charge in [0.1, 0.15) is 67.3 Å². The molecule has 0 radical (unpaired) electrons. The number of benzene rings is 8. The summed E-state index contributed by atoms with van der Waals surface area (Å²) in [6, 6.07) is 50.9. The maximum absolute atomic E-state index is 10.4. The van der Waals surface area contributed by atoms with E-state index in [9.17, 15) is 20.4 Å². The first-order chi connectivity index (χ1) is 48.3. The van der Waals surface area contributed by atoms with E-state index in [0.717, 1.165) is 41.5 Å². The Labute approximate surface area is 593 Å². The zero-order valence-corrected chi connectivity index (χ0v) is 56.9. The fourth-order valence-electron chi connectivity index (χ4n) is 9.64. The van der Waals surface area contributed by atoms with Gasteiger partial charge < -0.3 is 50.5 Å². The fraction of sp³-hybridized carbons (Fsp3) is 0.0588. The number of oxazole rings is 2. The van der Waals surface area contributed by atoms with Gasteiger partial charge in [-0.15, -0.1) is 22.7 Å². The highest BCUT2D eigenvalue weighted by atomic mass is 35.5. The summed E-state index contributed by atoms with van der Waals surface area (Å²) in [5.74, 6) is 4.35. The second-order valence-electron chi connectivity index (χ2n) is 21.3. The van der Waals surface area contributed by atoms with Crippen molar-refractivity contribution in [1.29, 1.82) is 0 Å². The summed E-state index contributed by atoms with van der Waals surface area (Å²) in [4.78, 5) is 66.3. The van der Waals surface area contributed by atoms with Gasteiger partial charge in [-0.1, -0.05) is 48.5 Å². The Hall–Kier alpha value is -11.9. The summed E-state index contributed by atoms with van der Waals surface area (Å²) >= 11 is 26.4. The molecule has 0 saturated heterocycles. The third-order valence-electron chi connectivity index (χ3n) is 14.0. The minimum Gasteiger partial charge on any atom is -0.507 e. The lowest BCUT2D eigenvalue weighted by Crippen LogP contribution is -2.01. The molecular formula is C68H48Cl4N20O6S2. The molecule has 8 N–H and O–H groups in total. The van der Waals surface area contributed by atoms with Crippen LogP contribution in [0.3, 0.4) is 0 Å². The highest BCUT2D eigenvalue weighted by Gasteiger charge is 2.18. The van der Waals surface area contributed by atoms with Gasteiger partial charge in [-0.3, -0.25) is 0 Å². The number of rotatable bonds is 12. The van der Waals surface area contributed by atoms with Crippen LogP contribution in [0, 0.1) is 27.7 Å². The molecule has 32 heteroatoms. The molecule has 26 nitrogen and oxygen atoms in total. The molecule has 0 fully saturated rings. The van der Waals surface area contributed by atoms with Crippen molar-refractivity contribution in [1.82, 2.24) is 79.7 Å². The smallest absolute Gasteiger partial charge is 0.231 e. The number of halogens is 4. The van der Waals surface area contributed by atoms with Crippen LogP contribution in [-0.2, 0) is 0 Å². The molecule has 0 amide bonds. The molecule has 0 aliphatic heterocycles.